The number of hydrogen-bond acceptors (Lipinski definition) is 8. The molecule has 2 aromatic heterocycles. The zero-order valence-electron chi connectivity index (χ0n) is 18.7. The number of methoxy groups -OCH3 is 1. The Bertz CT molecular complexity index is 1400. The Hall–Kier alpha value is -3.09. The van der Waals surface area contributed by atoms with Crippen molar-refractivity contribution >= 4 is 49.1 Å². The van der Waals surface area contributed by atoms with Crippen molar-refractivity contribution in [2.75, 3.05) is 25.5 Å². The van der Waals surface area contributed by atoms with Gasteiger partial charge < -0.3 is 10.1 Å². The minimum absolute atomic E-state index is 0.174. The first-order chi connectivity index (χ1) is 16.2. The third-order valence-electron chi connectivity index (χ3n) is 5.69. The first-order valence-electron chi connectivity index (χ1n) is 10.7. The van der Waals surface area contributed by atoms with Crippen LogP contribution in [0.15, 0.2) is 40.3 Å². The standard InChI is InChI=1S/C22H24N4O6S2/c1-14-18-20(33-19(14)22(29)32-2)23-13-25(21(18)28)12-17(27)24-15-6-8-16(9-7-15)34(30,31)26-10-4-3-5-11-26/h6-9,13H,3-5,10-12H2,1-2H3,(H,24,27). The molecule has 1 fully saturated rings. The fourth-order valence-corrected chi connectivity index (χ4v) is 6.45. The number of hydrogen-bond donors (Lipinski definition) is 1. The summed E-state index contributed by atoms with van der Waals surface area (Å²) in [5.74, 6) is -1.02. The van der Waals surface area contributed by atoms with Crippen molar-refractivity contribution in [3.8, 4) is 0 Å². The molecule has 1 aromatic carbocycles. The molecule has 3 heterocycles. The summed E-state index contributed by atoms with van der Waals surface area (Å²) < 4.78 is 32.9. The van der Waals surface area contributed by atoms with Gasteiger partial charge in [-0.3, -0.25) is 14.2 Å². The van der Waals surface area contributed by atoms with Crippen molar-refractivity contribution in [3.05, 3.63) is 51.4 Å². The van der Waals surface area contributed by atoms with E-state index < -0.39 is 27.5 Å². The van der Waals surface area contributed by atoms with Gasteiger partial charge in [0.2, 0.25) is 15.9 Å². The highest BCUT2D eigenvalue weighted by molar-refractivity contribution is 7.89. The molecule has 0 bridgehead atoms. The topological polar surface area (TPSA) is 128 Å². The molecule has 1 aliphatic heterocycles. The summed E-state index contributed by atoms with van der Waals surface area (Å²) >= 11 is 1.06. The predicted octanol–water partition coefficient (Wildman–Crippen LogP) is 2.37. The Morgan fingerprint density at radius 3 is 2.47 bits per heavy atom. The highest BCUT2D eigenvalue weighted by atomic mass is 32.2. The number of piperidine rings is 1. The normalized spacial score (nSPS) is 14.8. The highest BCUT2D eigenvalue weighted by Crippen LogP contribution is 2.27. The smallest absolute Gasteiger partial charge is 0.348 e. The second kappa shape index (κ2) is 9.65. The second-order valence-electron chi connectivity index (χ2n) is 7.94. The summed E-state index contributed by atoms with van der Waals surface area (Å²) in [5.41, 5.74) is 0.431. The lowest BCUT2D eigenvalue weighted by atomic mass is 10.2. The zero-order chi connectivity index (χ0) is 24.5. The molecular formula is C22H24N4O6S2. The minimum atomic E-state index is -3.56. The Morgan fingerprint density at radius 1 is 1.15 bits per heavy atom. The van der Waals surface area contributed by atoms with Gasteiger partial charge in [-0.15, -0.1) is 11.3 Å². The van der Waals surface area contributed by atoms with Crippen molar-refractivity contribution in [2.45, 2.75) is 37.6 Å². The highest BCUT2D eigenvalue weighted by Gasteiger charge is 2.26. The van der Waals surface area contributed by atoms with Crippen LogP contribution in [-0.2, 0) is 26.1 Å². The molecule has 0 aliphatic carbocycles. The summed E-state index contributed by atoms with van der Waals surface area (Å²) in [6, 6.07) is 5.96. The molecule has 34 heavy (non-hydrogen) atoms. The van der Waals surface area contributed by atoms with Gasteiger partial charge in [0, 0.05) is 18.8 Å². The summed E-state index contributed by atoms with van der Waals surface area (Å²) in [4.78, 5) is 42.4. The number of carbonyl (C=O) groups excluding carboxylic acids is 2. The van der Waals surface area contributed by atoms with Crippen LogP contribution in [0, 0.1) is 6.92 Å². The van der Waals surface area contributed by atoms with Crippen LogP contribution in [-0.4, -0.2) is 54.3 Å². The number of benzene rings is 1. The molecule has 10 nitrogen and oxygen atoms in total. The first-order valence-corrected chi connectivity index (χ1v) is 12.9. The van der Waals surface area contributed by atoms with Crippen LogP contribution in [0.25, 0.3) is 10.2 Å². The van der Waals surface area contributed by atoms with Crippen LogP contribution in [0.5, 0.6) is 0 Å². The van der Waals surface area contributed by atoms with Crippen molar-refractivity contribution in [1.82, 2.24) is 13.9 Å². The number of ether oxygens (including phenoxy) is 1. The van der Waals surface area contributed by atoms with Crippen LogP contribution >= 0.6 is 11.3 Å². The number of nitrogens with zero attached hydrogens (tertiary/aromatic N) is 3. The summed E-state index contributed by atoms with van der Waals surface area (Å²) in [7, 11) is -2.30. The Morgan fingerprint density at radius 2 is 1.82 bits per heavy atom. The number of thiophene rings is 1. The molecule has 0 spiro atoms. The lowest BCUT2D eigenvalue weighted by Crippen LogP contribution is -2.35. The van der Waals surface area contributed by atoms with Gasteiger partial charge in [-0.05, 0) is 49.6 Å². The van der Waals surface area contributed by atoms with E-state index in [0.29, 0.717) is 34.0 Å². The van der Waals surface area contributed by atoms with Crippen molar-refractivity contribution < 1.29 is 22.7 Å². The average Bonchev–Trinajstić information content (AvgIpc) is 3.18. The summed E-state index contributed by atoms with van der Waals surface area (Å²) in [6.45, 7) is 2.37. The van der Waals surface area contributed by atoms with E-state index in [9.17, 15) is 22.8 Å². The van der Waals surface area contributed by atoms with Gasteiger partial charge in [0.1, 0.15) is 16.3 Å². The van der Waals surface area contributed by atoms with Crippen LogP contribution in [0.2, 0.25) is 0 Å². The van der Waals surface area contributed by atoms with E-state index in [0.717, 1.165) is 35.2 Å². The van der Waals surface area contributed by atoms with Crippen LogP contribution < -0.4 is 10.9 Å². The third kappa shape index (κ3) is 4.61. The Labute approximate surface area is 200 Å². The Balaban J connectivity index is 1.48. The van der Waals surface area contributed by atoms with Crippen molar-refractivity contribution in [3.63, 3.8) is 0 Å². The maximum absolute atomic E-state index is 12.9. The molecule has 3 aromatic rings. The number of amides is 1. The summed E-state index contributed by atoms with van der Waals surface area (Å²) in [6.07, 6.45) is 3.99. The molecule has 0 saturated carbocycles. The van der Waals surface area contributed by atoms with Crippen LogP contribution in [0.1, 0.15) is 34.5 Å². The molecule has 12 heteroatoms. The predicted molar refractivity (Wildman–Crippen MR) is 128 cm³/mol. The number of fused-ring (bicyclic) bond motifs is 1. The van der Waals surface area contributed by atoms with E-state index in [4.69, 9.17) is 4.74 Å². The van der Waals surface area contributed by atoms with E-state index in [1.165, 1.54) is 42.0 Å². The number of esters is 1. The fraction of sp³-hybridized carbons (Fsp3) is 0.364. The number of sulfonamides is 1. The lowest BCUT2D eigenvalue weighted by Gasteiger charge is -2.25. The SMILES string of the molecule is COC(=O)c1sc2ncn(CC(=O)Nc3ccc(S(=O)(=O)N4CCCCC4)cc3)c(=O)c2c1C. The minimum Gasteiger partial charge on any atom is -0.465 e. The molecule has 0 radical (unpaired) electrons. The second-order valence-corrected chi connectivity index (χ2v) is 10.9. The number of aromatic nitrogens is 2. The van der Waals surface area contributed by atoms with Gasteiger partial charge in [-0.25, -0.2) is 18.2 Å². The van der Waals surface area contributed by atoms with E-state index in [1.807, 2.05) is 0 Å². The van der Waals surface area contributed by atoms with E-state index in [2.05, 4.69) is 10.3 Å². The van der Waals surface area contributed by atoms with Gasteiger partial charge in [0.05, 0.1) is 23.7 Å². The van der Waals surface area contributed by atoms with E-state index >= 15 is 0 Å². The molecular weight excluding hydrogens is 480 g/mol. The van der Waals surface area contributed by atoms with Crippen LogP contribution in [0.3, 0.4) is 0 Å². The molecule has 0 unspecified atom stereocenters. The van der Waals surface area contributed by atoms with Gasteiger partial charge in [0.25, 0.3) is 5.56 Å². The number of anilines is 1. The maximum atomic E-state index is 12.9. The van der Waals surface area contributed by atoms with Crippen LogP contribution in [0.4, 0.5) is 5.69 Å². The molecule has 0 atom stereocenters. The fourth-order valence-electron chi connectivity index (χ4n) is 3.88. The number of aryl methyl sites for hydroxylation is 1. The largest absolute Gasteiger partial charge is 0.465 e. The maximum Gasteiger partial charge on any atom is 0.348 e. The number of nitrogens with one attached hydrogen (secondary N) is 1. The number of carbonyl (C=O) groups is 2. The van der Waals surface area contributed by atoms with Gasteiger partial charge >= 0.3 is 5.97 Å². The van der Waals surface area contributed by atoms with Crippen molar-refractivity contribution in [2.24, 2.45) is 0 Å². The van der Waals surface area contributed by atoms with E-state index in [-0.39, 0.29) is 16.8 Å². The zero-order valence-corrected chi connectivity index (χ0v) is 20.4. The molecule has 180 valence electrons. The third-order valence-corrected chi connectivity index (χ3v) is 8.79. The molecule has 4 rings (SSSR count). The molecule has 1 amide bonds. The lowest BCUT2D eigenvalue weighted by molar-refractivity contribution is -0.116. The molecule has 1 saturated heterocycles. The van der Waals surface area contributed by atoms with Crippen molar-refractivity contribution in [1.29, 1.82) is 0 Å². The Kier molecular flexibility index (Phi) is 6.82. The first kappa shape index (κ1) is 24.0. The average molecular weight is 505 g/mol. The molecule has 1 aliphatic rings. The molecule has 1 N–H and O–H groups in total. The monoisotopic (exact) mass is 504 g/mol. The summed E-state index contributed by atoms with van der Waals surface area (Å²) in [5, 5.41) is 2.94. The van der Waals surface area contributed by atoms with Gasteiger partial charge in [0.15, 0.2) is 0 Å². The quantitative estimate of drug-likeness (QED) is 0.511. The van der Waals surface area contributed by atoms with Gasteiger partial charge in [-0.2, -0.15) is 4.31 Å². The van der Waals surface area contributed by atoms with E-state index in [1.54, 1.807) is 6.92 Å². The van der Waals surface area contributed by atoms with Gasteiger partial charge in [-0.1, -0.05) is 6.42 Å². The number of rotatable bonds is 6.